The van der Waals surface area contributed by atoms with Crippen LogP contribution in [0.15, 0.2) is 64.4 Å². The minimum atomic E-state index is -1.15. The number of hydrogen-bond donors (Lipinski definition) is 0. The Labute approximate surface area is 175 Å². The Balaban J connectivity index is 0.00000243. The third-order valence-corrected chi connectivity index (χ3v) is 5.54. The van der Waals surface area contributed by atoms with E-state index in [-0.39, 0.29) is 36.2 Å². The maximum absolute atomic E-state index is 12.6. The van der Waals surface area contributed by atoms with Crippen molar-refractivity contribution in [2.45, 2.75) is 22.0 Å². The summed E-state index contributed by atoms with van der Waals surface area (Å²) in [7, 11) is 5.31. The molecule has 1 aliphatic heterocycles. The van der Waals surface area contributed by atoms with Crippen LogP contribution in [-0.4, -0.2) is 55.7 Å². The van der Waals surface area contributed by atoms with Crippen molar-refractivity contribution in [3.05, 3.63) is 60.2 Å². The molecule has 0 aliphatic carbocycles. The zero-order valence-electron chi connectivity index (χ0n) is 15.4. The molecule has 26 heavy (non-hydrogen) atoms. The van der Waals surface area contributed by atoms with Gasteiger partial charge >= 0.3 is 0 Å². The topological polar surface area (TPSA) is 35.5 Å². The number of rotatable bonds is 5. The van der Waals surface area contributed by atoms with Gasteiger partial charge in [0, 0.05) is 9.79 Å². The molecule has 1 saturated heterocycles. The first-order valence-electron chi connectivity index (χ1n) is 8.53. The Morgan fingerprint density at radius 3 is 2.08 bits per heavy atom. The second kappa shape index (κ2) is 9.41. The summed E-state index contributed by atoms with van der Waals surface area (Å²) in [5.74, 6) is 0. The molecule has 0 bridgehead atoms. The van der Waals surface area contributed by atoms with Gasteiger partial charge in [0.15, 0.2) is 0 Å². The number of quaternary nitrogens is 1. The Morgan fingerprint density at radius 1 is 0.923 bits per heavy atom. The minimum absolute atomic E-state index is 0. The molecule has 3 rings (SSSR count). The molecule has 2 aromatic carbocycles. The van der Waals surface area contributed by atoms with E-state index >= 15 is 0 Å². The van der Waals surface area contributed by atoms with Gasteiger partial charge in [0.05, 0.1) is 45.2 Å². The van der Waals surface area contributed by atoms with E-state index in [1.54, 1.807) is 0 Å². The van der Waals surface area contributed by atoms with Crippen molar-refractivity contribution in [2.75, 3.05) is 40.9 Å². The van der Waals surface area contributed by atoms with Gasteiger partial charge in [-0.15, -0.1) is 0 Å². The number of halogens is 1. The normalized spacial score (nSPS) is 21.7. The molecule has 1 unspecified atom stereocenters. The molecule has 0 amide bonds. The average Bonchev–Trinajstić information content (AvgIpc) is 2.61. The smallest absolute Gasteiger partial charge is 0.130 e. The number of likely N-dealkylation sites (N-methyl/N-ethyl adjacent to an activating group) is 1. The zero-order chi connectivity index (χ0) is 17.9. The van der Waals surface area contributed by atoms with Crippen molar-refractivity contribution < 1.29 is 42.1 Å². The standard InChI is InChI=1S/C20H26NO3S.HI/c1-21(2,3)13-17-14-24-20(15-23-17)16-9-11-19(12-10-16)25(22)18-7-5-4-6-8-18;/h4-12,17,20H,13-15H2,1-3H3;1H/q+1;/p-1/t17-,20+,25?;/m1./s1. The lowest BCUT2D eigenvalue weighted by Crippen LogP contribution is -3.00. The Bertz CT molecular complexity index is 708. The Hall–Kier alpha value is -0.800. The van der Waals surface area contributed by atoms with Crippen LogP contribution in [0.1, 0.15) is 11.7 Å². The van der Waals surface area contributed by atoms with E-state index in [1.807, 2.05) is 54.6 Å². The fraction of sp³-hybridized carbons (Fsp3) is 0.400. The molecule has 3 atom stereocenters. The fourth-order valence-corrected chi connectivity index (χ4v) is 4.00. The number of nitrogens with zero attached hydrogens (tertiary/aromatic N) is 1. The van der Waals surface area contributed by atoms with Crippen LogP contribution in [0.4, 0.5) is 0 Å². The predicted molar refractivity (Wildman–Crippen MR) is 98.9 cm³/mol. The quantitative estimate of drug-likeness (QED) is 0.441. The highest BCUT2D eigenvalue weighted by atomic mass is 127. The highest BCUT2D eigenvalue weighted by Gasteiger charge is 2.27. The monoisotopic (exact) mass is 487 g/mol. The van der Waals surface area contributed by atoms with Crippen molar-refractivity contribution in [3.8, 4) is 0 Å². The second-order valence-corrected chi connectivity index (χ2v) is 8.88. The minimum Gasteiger partial charge on any atom is -1.00 e. The number of ether oxygens (including phenoxy) is 2. The van der Waals surface area contributed by atoms with Crippen molar-refractivity contribution in [1.29, 1.82) is 0 Å². The van der Waals surface area contributed by atoms with Gasteiger partial charge < -0.3 is 37.9 Å². The van der Waals surface area contributed by atoms with E-state index < -0.39 is 10.8 Å². The summed E-state index contributed by atoms with van der Waals surface area (Å²) in [6.07, 6.45) is 0.0871. The number of benzene rings is 2. The van der Waals surface area contributed by atoms with Crippen LogP contribution >= 0.6 is 0 Å². The number of hydrogen-bond acceptors (Lipinski definition) is 3. The van der Waals surface area contributed by atoms with Gasteiger partial charge in [0.25, 0.3) is 0 Å². The van der Waals surface area contributed by atoms with E-state index in [4.69, 9.17) is 9.47 Å². The summed E-state index contributed by atoms with van der Waals surface area (Å²) in [4.78, 5) is 1.62. The molecular weight excluding hydrogens is 461 g/mol. The lowest BCUT2D eigenvalue weighted by atomic mass is 10.1. The molecule has 0 N–H and O–H groups in total. The average molecular weight is 487 g/mol. The molecule has 1 aliphatic rings. The maximum atomic E-state index is 12.6. The van der Waals surface area contributed by atoms with E-state index in [1.165, 1.54) is 0 Å². The van der Waals surface area contributed by atoms with Crippen LogP contribution in [0.2, 0.25) is 0 Å². The molecule has 2 aromatic rings. The van der Waals surface area contributed by atoms with Gasteiger partial charge in [0.1, 0.15) is 18.8 Å². The highest BCUT2D eigenvalue weighted by molar-refractivity contribution is 7.85. The van der Waals surface area contributed by atoms with Crippen molar-refractivity contribution in [3.63, 3.8) is 0 Å². The third kappa shape index (κ3) is 5.85. The van der Waals surface area contributed by atoms with Crippen LogP contribution < -0.4 is 24.0 Å². The molecule has 0 radical (unpaired) electrons. The zero-order valence-corrected chi connectivity index (χ0v) is 18.4. The van der Waals surface area contributed by atoms with Crippen LogP contribution in [0.3, 0.4) is 0 Å². The van der Waals surface area contributed by atoms with Gasteiger partial charge in [0.2, 0.25) is 0 Å². The van der Waals surface area contributed by atoms with E-state index in [9.17, 15) is 4.21 Å². The largest absolute Gasteiger partial charge is 1.00 e. The van der Waals surface area contributed by atoms with Gasteiger partial charge in [-0.2, -0.15) is 0 Å². The Kier molecular flexibility index (Phi) is 7.78. The predicted octanol–water partition coefficient (Wildman–Crippen LogP) is 0.0200. The molecule has 0 saturated carbocycles. The van der Waals surface area contributed by atoms with E-state index in [2.05, 4.69) is 21.1 Å². The second-order valence-electron chi connectivity index (χ2n) is 7.40. The summed E-state index contributed by atoms with van der Waals surface area (Å²) >= 11 is 0. The summed E-state index contributed by atoms with van der Waals surface area (Å²) in [6, 6.07) is 17.3. The van der Waals surface area contributed by atoms with Gasteiger partial charge in [-0.1, -0.05) is 30.3 Å². The summed E-state index contributed by atoms with van der Waals surface area (Å²) < 4.78 is 25.4. The summed E-state index contributed by atoms with van der Waals surface area (Å²) in [6.45, 7) is 2.10. The first kappa shape index (κ1) is 21.5. The molecule has 0 spiro atoms. The third-order valence-electron chi connectivity index (χ3n) is 4.14. The van der Waals surface area contributed by atoms with Crippen LogP contribution in [0.25, 0.3) is 0 Å². The molecule has 142 valence electrons. The lowest BCUT2D eigenvalue weighted by molar-refractivity contribution is -0.874. The molecule has 4 nitrogen and oxygen atoms in total. The van der Waals surface area contributed by atoms with Gasteiger partial charge in [-0.05, 0) is 29.8 Å². The SMILES string of the molecule is C[N+](C)(C)C[C@@H]1CO[C@H](c2ccc(S(=O)c3ccccc3)cc2)CO1.[I-]. The first-order chi connectivity index (χ1) is 11.9. The molecular formula is C20H26INO3S. The van der Waals surface area contributed by atoms with Crippen molar-refractivity contribution >= 4 is 10.8 Å². The van der Waals surface area contributed by atoms with E-state index in [0.29, 0.717) is 13.2 Å². The lowest BCUT2D eigenvalue weighted by Gasteiger charge is -2.34. The molecule has 1 fully saturated rings. The van der Waals surface area contributed by atoms with Crippen molar-refractivity contribution in [1.82, 2.24) is 0 Å². The molecule has 0 aromatic heterocycles. The Morgan fingerprint density at radius 2 is 1.54 bits per heavy atom. The fourth-order valence-electron chi connectivity index (χ4n) is 2.94. The van der Waals surface area contributed by atoms with E-state index in [0.717, 1.165) is 26.4 Å². The maximum Gasteiger partial charge on any atom is 0.130 e. The van der Waals surface area contributed by atoms with Crippen LogP contribution in [0, 0.1) is 0 Å². The highest BCUT2D eigenvalue weighted by Crippen LogP contribution is 2.25. The molecule has 6 heteroatoms. The van der Waals surface area contributed by atoms with Gasteiger partial charge in [-0.3, -0.25) is 0 Å². The van der Waals surface area contributed by atoms with Crippen LogP contribution in [0.5, 0.6) is 0 Å². The van der Waals surface area contributed by atoms with Crippen molar-refractivity contribution in [2.24, 2.45) is 0 Å². The van der Waals surface area contributed by atoms with Crippen LogP contribution in [-0.2, 0) is 20.3 Å². The molecule has 1 heterocycles. The van der Waals surface area contributed by atoms with Gasteiger partial charge in [-0.25, -0.2) is 4.21 Å². The summed E-state index contributed by atoms with van der Waals surface area (Å²) in [5, 5.41) is 0. The summed E-state index contributed by atoms with van der Waals surface area (Å²) in [5.41, 5.74) is 1.07. The first-order valence-corrected chi connectivity index (χ1v) is 9.68.